The van der Waals surface area contributed by atoms with Gasteiger partial charge in [-0.3, -0.25) is 18.9 Å². The second kappa shape index (κ2) is 16.1. The van der Waals surface area contributed by atoms with Crippen LogP contribution >= 0.6 is 11.6 Å². The molecule has 0 aliphatic heterocycles. The Bertz CT molecular complexity index is 3190. The number of nitrogens with zero attached hydrogens (tertiary/aromatic N) is 5. The van der Waals surface area contributed by atoms with Crippen molar-refractivity contribution in [3.8, 4) is 23.0 Å². The molecule has 5 aromatic rings. The zero-order chi connectivity index (χ0) is 49.1. The molecular formula is C42H36ClF10N7O5S2. The number of nitrogens with one attached hydrogen (secondary N) is 2. The van der Waals surface area contributed by atoms with E-state index in [2.05, 4.69) is 32.1 Å². The summed E-state index contributed by atoms with van der Waals surface area (Å²) < 4.78 is 198. The zero-order valence-corrected chi connectivity index (χ0v) is 37.7. The number of sulfone groups is 1. The number of hydrogen-bond acceptors (Lipinski definition) is 8. The van der Waals surface area contributed by atoms with Gasteiger partial charge in [0.25, 0.3) is 5.92 Å². The van der Waals surface area contributed by atoms with Crippen LogP contribution in [0.1, 0.15) is 83.7 Å². The first kappa shape index (κ1) is 48.1. The van der Waals surface area contributed by atoms with Crippen molar-refractivity contribution in [3.63, 3.8) is 0 Å². The quantitative estimate of drug-likeness (QED) is 0.0992. The molecule has 0 spiro atoms. The number of anilines is 1. The van der Waals surface area contributed by atoms with Crippen molar-refractivity contribution in [1.29, 1.82) is 0 Å². The summed E-state index contributed by atoms with van der Waals surface area (Å²) in [4.78, 5) is 19.0. The van der Waals surface area contributed by atoms with E-state index in [-0.39, 0.29) is 62.4 Å². The van der Waals surface area contributed by atoms with Crippen molar-refractivity contribution in [2.24, 2.45) is 5.92 Å². The van der Waals surface area contributed by atoms with E-state index in [1.165, 1.54) is 26.0 Å². The number of pyridine rings is 1. The molecule has 3 aliphatic rings. The van der Waals surface area contributed by atoms with Crippen molar-refractivity contribution in [3.05, 3.63) is 92.0 Å². The molecule has 3 aromatic heterocycles. The summed E-state index contributed by atoms with van der Waals surface area (Å²) in [5.74, 6) is -5.01. The van der Waals surface area contributed by atoms with Gasteiger partial charge < -0.3 is 5.32 Å². The van der Waals surface area contributed by atoms with Crippen molar-refractivity contribution in [2.75, 3.05) is 17.2 Å². The maximum atomic E-state index is 15.6. The smallest absolute Gasteiger partial charge is 0.346 e. The van der Waals surface area contributed by atoms with Gasteiger partial charge >= 0.3 is 12.4 Å². The normalized spacial score (nSPS) is 18.3. The molecule has 1 fully saturated rings. The number of sulfonamides is 1. The second-order valence-corrected chi connectivity index (χ2v) is 22.0. The molecule has 67 heavy (non-hydrogen) atoms. The SMILES string of the molecule is CC(C)(C#Cc1nc([C@@H](Cc2cc(F)cc(F)c2)NC(=O)Cn2nc(C(F)(F)F)c3c2C(F)(F)[C@@H]2CC32)c(-c2ccc(Cl)c3c(NS(C)(=O)=O)nn(CC(F)(F)F)c23)c2c1CCC2)S(C)(=O)=O. The molecule has 3 aliphatic carbocycles. The molecule has 1 saturated carbocycles. The van der Waals surface area contributed by atoms with Crippen LogP contribution in [0, 0.1) is 29.4 Å². The third-order valence-electron chi connectivity index (χ3n) is 11.9. The summed E-state index contributed by atoms with van der Waals surface area (Å²) in [6.45, 7) is -0.435. The van der Waals surface area contributed by atoms with Crippen LogP contribution in [0.25, 0.3) is 22.0 Å². The molecule has 1 unspecified atom stereocenters. The number of halogens is 11. The lowest BCUT2D eigenvalue weighted by molar-refractivity contribution is -0.142. The Kier molecular flexibility index (Phi) is 11.6. The van der Waals surface area contributed by atoms with Crippen molar-refractivity contribution in [2.45, 2.75) is 94.0 Å². The summed E-state index contributed by atoms with van der Waals surface area (Å²) in [5, 5.41) is 9.30. The number of carbonyl (C=O) groups is 1. The van der Waals surface area contributed by atoms with Gasteiger partial charge in [0.15, 0.2) is 21.3 Å². The van der Waals surface area contributed by atoms with Gasteiger partial charge in [-0.2, -0.15) is 45.3 Å². The van der Waals surface area contributed by atoms with Crippen molar-refractivity contribution < 1.29 is 65.5 Å². The van der Waals surface area contributed by atoms with E-state index in [1.54, 1.807) is 0 Å². The van der Waals surface area contributed by atoms with E-state index < -0.39 is 126 Å². The lowest BCUT2D eigenvalue weighted by Gasteiger charge is -2.25. The van der Waals surface area contributed by atoms with Crippen LogP contribution in [-0.4, -0.2) is 70.7 Å². The predicted octanol–water partition coefficient (Wildman–Crippen LogP) is 8.15. The highest BCUT2D eigenvalue weighted by atomic mass is 35.5. The Balaban J connectivity index is 1.39. The number of alkyl halides is 8. The number of amides is 1. The van der Waals surface area contributed by atoms with Gasteiger partial charge in [-0.15, -0.1) is 0 Å². The lowest BCUT2D eigenvalue weighted by Crippen LogP contribution is -2.35. The van der Waals surface area contributed by atoms with E-state index in [9.17, 15) is 56.8 Å². The highest BCUT2D eigenvalue weighted by Crippen LogP contribution is 2.68. The molecule has 3 atom stereocenters. The first-order chi connectivity index (χ1) is 30.8. The molecule has 2 aromatic carbocycles. The Labute approximate surface area is 380 Å². The zero-order valence-electron chi connectivity index (χ0n) is 35.3. The largest absolute Gasteiger partial charge is 0.435 e. The number of fused-ring (bicyclic) bond motifs is 5. The molecule has 0 radical (unpaired) electrons. The molecule has 8 rings (SSSR count). The molecule has 3 heterocycles. The Morgan fingerprint density at radius 3 is 2.24 bits per heavy atom. The highest BCUT2D eigenvalue weighted by molar-refractivity contribution is 7.92. The fraction of sp³-hybridized carbons (Fsp3) is 0.429. The number of rotatable bonds is 11. The molecule has 0 bridgehead atoms. The van der Waals surface area contributed by atoms with E-state index in [4.69, 9.17) is 16.6 Å². The first-order valence-corrected chi connectivity index (χ1v) is 24.3. The third-order valence-corrected chi connectivity index (χ3v) is 14.8. The fourth-order valence-electron chi connectivity index (χ4n) is 8.80. The predicted molar refractivity (Wildman–Crippen MR) is 223 cm³/mol. The number of carbonyl (C=O) groups excluding carboxylic acids is 1. The van der Waals surface area contributed by atoms with E-state index >= 15 is 8.78 Å². The highest BCUT2D eigenvalue weighted by Gasteiger charge is 2.68. The Morgan fingerprint density at radius 2 is 1.63 bits per heavy atom. The second-order valence-electron chi connectivity index (χ2n) is 17.3. The average molecular weight is 1010 g/mol. The Hall–Kier alpha value is -5.41. The third kappa shape index (κ3) is 9.17. The van der Waals surface area contributed by atoms with Crippen LogP contribution in [0.2, 0.25) is 5.02 Å². The van der Waals surface area contributed by atoms with Gasteiger partial charge in [-0.05, 0) is 92.7 Å². The van der Waals surface area contributed by atoms with E-state index in [1.807, 2.05) is 0 Å². The summed E-state index contributed by atoms with van der Waals surface area (Å²) in [7, 11) is -8.08. The Morgan fingerprint density at radius 1 is 0.970 bits per heavy atom. The van der Waals surface area contributed by atoms with Gasteiger partial charge in [0.2, 0.25) is 15.9 Å². The van der Waals surface area contributed by atoms with Crippen LogP contribution < -0.4 is 10.0 Å². The number of hydrogen-bond donors (Lipinski definition) is 2. The van der Waals surface area contributed by atoms with E-state index in [0.717, 1.165) is 18.4 Å². The summed E-state index contributed by atoms with van der Waals surface area (Å²) in [6.07, 6.45) is -8.68. The van der Waals surface area contributed by atoms with Crippen LogP contribution in [-0.2, 0) is 69.1 Å². The lowest BCUT2D eigenvalue weighted by atomic mass is 9.88. The topological polar surface area (TPSA) is 158 Å². The monoisotopic (exact) mass is 1010 g/mol. The summed E-state index contributed by atoms with van der Waals surface area (Å²) >= 11 is 6.57. The van der Waals surface area contributed by atoms with Crippen LogP contribution in [0.15, 0.2) is 30.3 Å². The molecule has 1 amide bonds. The minimum atomic E-state index is -5.19. The van der Waals surface area contributed by atoms with Gasteiger partial charge in [0, 0.05) is 34.9 Å². The minimum Gasteiger partial charge on any atom is -0.346 e. The maximum Gasteiger partial charge on any atom is 0.435 e. The molecule has 12 nitrogen and oxygen atoms in total. The number of benzene rings is 2. The van der Waals surface area contributed by atoms with Crippen molar-refractivity contribution in [1.82, 2.24) is 29.9 Å². The molecule has 0 saturated heterocycles. The molecule has 25 heteroatoms. The van der Waals surface area contributed by atoms with Gasteiger partial charge in [-0.1, -0.05) is 23.6 Å². The summed E-state index contributed by atoms with van der Waals surface area (Å²) in [5.41, 5.74) is -3.87. The van der Waals surface area contributed by atoms with Crippen LogP contribution in [0.4, 0.5) is 49.7 Å². The standard InChI is InChI=1S/C42H36ClF10N7O5S2/c1-39(2,66(3,62)63)11-10-28-22-6-5-7-23(22)31(24-8-9-27(43)33-35(24)60(18-40(46,47)48)57-38(33)58-67(4,64)65)34(55-28)29(14-19-12-20(44)15-21(45)13-19)54-30(61)17-59-37-32(36(56-59)42(51,52)53)25-16-26(25)41(37,49)50/h8-9,12-13,15,25-26,29H,5-7,14,16-18H2,1-4H3,(H,54,61)(H,57,58)/t25?,26-,29-/m1/s1. The summed E-state index contributed by atoms with van der Waals surface area (Å²) in [6, 6.07) is 3.07. The van der Waals surface area contributed by atoms with Gasteiger partial charge in [-0.25, -0.2) is 30.6 Å². The van der Waals surface area contributed by atoms with Gasteiger partial charge in [0.05, 0.1) is 33.9 Å². The molecular weight excluding hydrogens is 972 g/mol. The molecule has 358 valence electrons. The molecule has 2 N–H and O–H groups in total. The first-order valence-electron chi connectivity index (χ1n) is 20.2. The average Bonchev–Trinajstić information content (AvgIpc) is 3.38. The van der Waals surface area contributed by atoms with Crippen molar-refractivity contribution >= 4 is 54.1 Å². The van der Waals surface area contributed by atoms with Crippen LogP contribution in [0.5, 0.6) is 0 Å². The minimum absolute atomic E-state index is 0.0375. The maximum absolute atomic E-state index is 15.6. The van der Waals surface area contributed by atoms with E-state index in [0.29, 0.717) is 34.6 Å². The fourth-order valence-corrected chi connectivity index (χ4v) is 9.77. The number of aromatic nitrogens is 5. The van der Waals surface area contributed by atoms with Crippen LogP contribution in [0.3, 0.4) is 0 Å². The van der Waals surface area contributed by atoms with Gasteiger partial charge in [0.1, 0.15) is 40.9 Å².